The van der Waals surface area contributed by atoms with E-state index in [4.69, 9.17) is 0 Å². The minimum absolute atomic E-state index is 0.121. The van der Waals surface area contributed by atoms with Crippen molar-refractivity contribution in [1.82, 2.24) is 4.90 Å². The molecule has 0 aromatic carbocycles. The normalized spacial score (nSPS) is 23.2. The monoisotopic (exact) mass is 291 g/mol. The lowest BCUT2D eigenvalue weighted by molar-refractivity contribution is 0.0672. The fourth-order valence-electron chi connectivity index (χ4n) is 2.61. The maximum Gasteiger partial charge on any atom is 0.0541 e. The Morgan fingerprint density at radius 1 is 1.38 bits per heavy atom. The number of hydrogen-bond donors (Lipinski definition) is 1. The summed E-state index contributed by atoms with van der Waals surface area (Å²) in [7, 11) is 0. The highest BCUT2D eigenvalue weighted by molar-refractivity contribution is 9.09. The summed E-state index contributed by atoms with van der Waals surface area (Å²) in [5.74, 6) is 1.33. The first-order valence-electron chi connectivity index (χ1n) is 6.63. The molecule has 0 spiro atoms. The van der Waals surface area contributed by atoms with Gasteiger partial charge >= 0.3 is 0 Å². The second kappa shape index (κ2) is 7.67. The Balaban J connectivity index is 2.25. The van der Waals surface area contributed by atoms with Gasteiger partial charge in [0.15, 0.2) is 0 Å². The summed E-state index contributed by atoms with van der Waals surface area (Å²) in [4.78, 5) is 2.57. The highest BCUT2D eigenvalue weighted by Gasteiger charge is 2.23. The minimum Gasteiger partial charge on any atom is -0.393 e. The fourth-order valence-corrected chi connectivity index (χ4v) is 3.14. The smallest absolute Gasteiger partial charge is 0.0541 e. The van der Waals surface area contributed by atoms with Crippen LogP contribution in [0.1, 0.15) is 39.5 Å². The predicted molar refractivity (Wildman–Crippen MR) is 73.0 cm³/mol. The van der Waals surface area contributed by atoms with Crippen LogP contribution in [0.3, 0.4) is 0 Å². The predicted octanol–water partition coefficient (Wildman–Crippen LogP) is 2.89. The molecular formula is C13H26BrNO. The zero-order valence-electron chi connectivity index (χ0n) is 10.7. The van der Waals surface area contributed by atoms with Crippen molar-refractivity contribution in [3.63, 3.8) is 0 Å². The van der Waals surface area contributed by atoms with Crippen LogP contribution in [-0.4, -0.2) is 41.1 Å². The van der Waals surface area contributed by atoms with E-state index < -0.39 is 0 Å². The molecule has 1 fully saturated rings. The van der Waals surface area contributed by atoms with Crippen molar-refractivity contribution < 1.29 is 5.11 Å². The Labute approximate surface area is 109 Å². The molecule has 16 heavy (non-hydrogen) atoms. The Morgan fingerprint density at radius 3 is 2.44 bits per heavy atom. The number of rotatable bonds is 6. The Hall–Kier alpha value is 0.400. The van der Waals surface area contributed by atoms with Gasteiger partial charge in [0, 0.05) is 11.9 Å². The molecule has 0 saturated carbocycles. The van der Waals surface area contributed by atoms with Crippen LogP contribution >= 0.6 is 15.9 Å². The number of likely N-dealkylation sites (tertiary alicyclic amines) is 1. The van der Waals surface area contributed by atoms with Crippen molar-refractivity contribution in [2.45, 2.75) is 45.6 Å². The van der Waals surface area contributed by atoms with Crippen LogP contribution in [0.25, 0.3) is 0 Å². The molecule has 2 nitrogen and oxygen atoms in total. The number of aliphatic hydroxyl groups is 1. The number of hydrogen-bond acceptors (Lipinski definition) is 2. The summed E-state index contributed by atoms with van der Waals surface area (Å²) in [6.07, 6.45) is 4.81. The molecule has 1 N–H and O–H groups in total. The molecule has 1 aliphatic heterocycles. The molecule has 0 radical (unpaired) electrons. The molecule has 0 aromatic heterocycles. The van der Waals surface area contributed by atoms with Crippen LogP contribution in [0.15, 0.2) is 0 Å². The summed E-state index contributed by atoms with van der Waals surface area (Å²) < 4.78 is 0. The molecule has 3 heteroatoms. The van der Waals surface area contributed by atoms with E-state index in [9.17, 15) is 5.11 Å². The van der Waals surface area contributed by atoms with E-state index >= 15 is 0 Å². The van der Waals surface area contributed by atoms with Gasteiger partial charge in [0.25, 0.3) is 0 Å². The average Bonchev–Trinajstić information content (AvgIpc) is 2.29. The highest BCUT2D eigenvalue weighted by Crippen LogP contribution is 2.22. The lowest BCUT2D eigenvalue weighted by atomic mass is 9.91. The van der Waals surface area contributed by atoms with E-state index in [1.165, 1.54) is 45.3 Å². The number of nitrogens with zero attached hydrogens (tertiary/aromatic N) is 1. The summed E-state index contributed by atoms with van der Waals surface area (Å²) in [5.41, 5.74) is 0. The topological polar surface area (TPSA) is 23.5 Å². The summed E-state index contributed by atoms with van der Waals surface area (Å²) in [6, 6.07) is 0. The van der Waals surface area contributed by atoms with Crippen LogP contribution in [0, 0.1) is 11.8 Å². The molecular weight excluding hydrogens is 266 g/mol. The zero-order chi connectivity index (χ0) is 12.0. The molecule has 1 saturated heterocycles. The first-order valence-corrected chi connectivity index (χ1v) is 7.75. The van der Waals surface area contributed by atoms with Crippen LogP contribution in [0.4, 0.5) is 0 Å². The van der Waals surface area contributed by atoms with Gasteiger partial charge in [0.1, 0.15) is 0 Å². The van der Waals surface area contributed by atoms with E-state index in [0.29, 0.717) is 5.92 Å². The van der Waals surface area contributed by atoms with Gasteiger partial charge in [0.2, 0.25) is 0 Å². The molecule has 1 rings (SSSR count). The number of halogens is 1. The highest BCUT2D eigenvalue weighted by atomic mass is 79.9. The molecule has 2 unspecified atom stereocenters. The van der Waals surface area contributed by atoms with Gasteiger partial charge < -0.3 is 10.0 Å². The van der Waals surface area contributed by atoms with Crippen LogP contribution in [-0.2, 0) is 0 Å². The minimum atomic E-state index is -0.121. The quantitative estimate of drug-likeness (QED) is 0.761. The second-order valence-electron chi connectivity index (χ2n) is 5.19. The van der Waals surface area contributed by atoms with Gasteiger partial charge in [-0.15, -0.1) is 0 Å². The van der Waals surface area contributed by atoms with Crippen molar-refractivity contribution in [3.8, 4) is 0 Å². The molecule has 96 valence electrons. The van der Waals surface area contributed by atoms with Gasteiger partial charge in [0.05, 0.1) is 6.10 Å². The van der Waals surface area contributed by atoms with Gasteiger partial charge in [-0.25, -0.2) is 0 Å². The molecule has 1 heterocycles. The molecule has 0 aromatic rings. The third-order valence-electron chi connectivity index (χ3n) is 3.75. The molecule has 1 aliphatic rings. The van der Waals surface area contributed by atoms with E-state index in [-0.39, 0.29) is 6.10 Å². The van der Waals surface area contributed by atoms with Crippen molar-refractivity contribution in [2.75, 3.05) is 25.0 Å². The van der Waals surface area contributed by atoms with Crippen molar-refractivity contribution in [1.29, 1.82) is 0 Å². The summed E-state index contributed by atoms with van der Waals surface area (Å²) in [5, 5.41) is 10.7. The number of piperidine rings is 1. The van der Waals surface area contributed by atoms with Crippen LogP contribution < -0.4 is 0 Å². The number of aliphatic hydroxyl groups excluding tert-OH is 1. The van der Waals surface area contributed by atoms with Gasteiger partial charge in [-0.3, -0.25) is 0 Å². The maximum absolute atomic E-state index is 9.55. The molecule has 0 bridgehead atoms. The van der Waals surface area contributed by atoms with Crippen molar-refractivity contribution >= 4 is 15.9 Å². The van der Waals surface area contributed by atoms with Crippen molar-refractivity contribution in [3.05, 3.63) is 0 Å². The average molecular weight is 292 g/mol. The zero-order valence-corrected chi connectivity index (χ0v) is 12.2. The first kappa shape index (κ1) is 14.5. The SMILES string of the molecule is CCCC(CBr)CN1CCC(C(C)O)CC1. The third kappa shape index (κ3) is 4.72. The fraction of sp³-hybridized carbons (Fsp3) is 1.00. The standard InChI is InChI=1S/C13H26BrNO/c1-3-4-12(9-14)10-15-7-5-13(6-8-15)11(2)16/h11-13,16H,3-10H2,1-2H3. The third-order valence-corrected chi connectivity index (χ3v) is 4.66. The van der Waals surface area contributed by atoms with E-state index in [0.717, 1.165) is 11.2 Å². The second-order valence-corrected chi connectivity index (χ2v) is 5.84. The van der Waals surface area contributed by atoms with Gasteiger partial charge in [-0.1, -0.05) is 29.3 Å². The van der Waals surface area contributed by atoms with Gasteiger partial charge in [-0.2, -0.15) is 0 Å². The molecule has 0 aliphatic carbocycles. The Kier molecular flexibility index (Phi) is 6.94. The Morgan fingerprint density at radius 2 is 2.00 bits per heavy atom. The van der Waals surface area contributed by atoms with Crippen LogP contribution in [0.5, 0.6) is 0 Å². The Bertz CT molecular complexity index is 179. The maximum atomic E-state index is 9.55. The van der Waals surface area contributed by atoms with Crippen LogP contribution in [0.2, 0.25) is 0 Å². The molecule has 0 amide bonds. The van der Waals surface area contributed by atoms with E-state index in [2.05, 4.69) is 27.8 Å². The lowest BCUT2D eigenvalue weighted by Gasteiger charge is -2.35. The van der Waals surface area contributed by atoms with Crippen molar-refractivity contribution in [2.24, 2.45) is 11.8 Å². The lowest BCUT2D eigenvalue weighted by Crippen LogP contribution is -2.39. The molecule has 2 atom stereocenters. The largest absolute Gasteiger partial charge is 0.393 e. The summed E-state index contributed by atoms with van der Waals surface area (Å²) >= 11 is 3.61. The summed E-state index contributed by atoms with van der Waals surface area (Å²) in [6.45, 7) is 7.76. The number of alkyl halides is 1. The first-order chi connectivity index (χ1) is 7.67. The van der Waals surface area contributed by atoms with Gasteiger partial charge in [-0.05, 0) is 51.1 Å². The van der Waals surface area contributed by atoms with E-state index in [1.54, 1.807) is 0 Å². The van der Waals surface area contributed by atoms with E-state index in [1.807, 2.05) is 6.92 Å².